The highest BCUT2D eigenvalue weighted by molar-refractivity contribution is 5.96. The maximum absolute atomic E-state index is 12.8. The van der Waals surface area contributed by atoms with Crippen molar-refractivity contribution in [3.63, 3.8) is 0 Å². The van der Waals surface area contributed by atoms with Gasteiger partial charge in [0, 0.05) is 35.5 Å². The summed E-state index contributed by atoms with van der Waals surface area (Å²) in [6.45, 7) is 0.866. The van der Waals surface area contributed by atoms with Crippen LogP contribution < -0.4 is 11.1 Å². The Balaban J connectivity index is 2.74. The lowest BCUT2D eigenvalue weighted by molar-refractivity contribution is -0.428. The van der Waals surface area contributed by atoms with Crippen molar-refractivity contribution < 1.29 is 59.7 Å². The Morgan fingerprint density at radius 3 is 2.12 bits per heavy atom. The minimum absolute atomic E-state index is 0.0116. The zero-order valence-electron chi connectivity index (χ0n) is 23.3. The Bertz CT molecular complexity index is 1110. The van der Waals surface area contributed by atoms with E-state index in [1.165, 1.54) is 28.0 Å². The van der Waals surface area contributed by atoms with Crippen LogP contribution >= 0.6 is 0 Å². The van der Waals surface area contributed by atoms with Gasteiger partial charge >= 0.3 is 18.3 Å². The van der Waals surface area contributed by atoms with Crippen LogP contribution in [0.2, 0.25) is 0 Å². The summed E-state index contributed by atoms with van der Waals surface area (Å²) in [6.07, 6.45) is -16.5. The monoisotopic (exact) mass is 615 g/mol. The molecule has 42 heavy (non-hydrogen) atoms. The van der Waals surface area contributed by atoms with E-state index in [1.54, 1.807) is 24.3 Å². The van der Waals surface area contributed by atoms with Gasteiger partial charge in [0.2, 0.25) is 6.10 Å². The molecule has 0 aliphatic carbocycles. The van der Waals surface area contributed by atoms with Crippen LogP contribution in [0.15, 0.2) is 29.3 Å². The summed E-state index contributed by atoms with van der Waals surface area (Å²) in [5.41, 5.74) is 5.26. The predicted octanol–water partition coefficient (Wildman–Crippen LogP) is 3.29. The molecule has 0 saturated heterocycles. The van der Waals surface area contributed by atoms with E-state index in [4.69, 9.17) is 15.2 Å². The molecule has 0 radical (unpaired) electrons. The van der Waals surface area contributed by atoms with Crippen molar-refractivity contribution in [1.82, 2.24) is 5.32 Å². The Morgan fingerprint density at radius 2 is 1.62 bits per heavy atom. The molecule has 1 rings (SSSR count). The number of aliphatic imine (C=N–C) groups is 1. The lowest BCUT2D eigenvalue weighted by Gasteiger charge is -2.27. The number of nitrogens with one attached hydrogen (secondary N) is 1. The van der Waals surface area contributed by atoms with Gasteiger partial charge < -0.3 is 25.3 Å². The fourth-order valence-corrected chi connectivity index (χ4v) is 3.12. The fraction of sp³-hybridized carbons (Fsp3) is 0.600. The number of esters is 1. The summed E-state index contributed by atoms with van der Waals surface area (Å²) in [5.74, 6) is -2.96. The zero-order chi connectivity index (χ0) is 32.3. The fourth-order valence-electron chi connectivity index (χ4n) is 3.12. The first-order valence-corrected chi connectivity index (χ1v) is 12.4. The molecule has 0 aromatic heterocycles. The van der Waals surface area contributed by atoms with Crippen LogP contribution in [-0.2, 0) is 35.2 Å². The van der Waals surface area contributed by atoms with Crippen molar-refractivity contribution >= 4 is 29.2 Å². The van der Waals surface area contributed by atoms with Gasteiger partial charge in [-0.2, -0.15) is 26.3 Å². The number of hydrogen-bond donors (Lipinski definition) is 2. The molecule has 0 bridgehead atoms. The number of ketones is 1. The van der Waals surface area contributed by atoms with Gasteiger partial charge in [-0.05, 0) is 44.4 Å². The van der Waals surface area contributed by atoms with Crippen LogP contribution in [0.25, 0.3) is 0 Å². The quantitative estimate of drug-likeness (QED) is 0.0719. The maximum atomic E-state index is 12.8. The number of ether oxygens (including phenoxy) is 3. The third-order valence-electron chi connectivity index (χ3n) is 5.73. The molecule has 0 spiro atoms. The second kappa shape index (κ2) is 15.6. The minimum atomic E-state index is -5.82. The first kappa shape index (κ1) is 36.4. The van der Waals surface area contributed by atoms with Gasteiger partial charge in [0.15, 0.2) is 12.8 Å². The maximum Gasteiger partial charge on any atom is 0.423 e. The number of hydrogen-bond acceptors (Lipinski definition) is 8. The van der Waals surface area contributed by atoms with E-state index in [0.29, 0.717) is 16.0 Å². The molecule has 0 saturated carbocycles. The molecular weight excluding hydrogens is 582 g/mol. The average molecular weight is 616 g/mol. The molecule has 1 atom stereocenters. The molecule has 1 aromatic rings. The SMILES string of the molecule is COC(C)(C)C(=O)N[C@@H](CCCN=C(N)CC(=O)OCc1ccc([N+](C)=O)cc1)C(=O)COC(C(F)(F)F)C(F)(F)F. The molecule has 17 heteroatoms. The minimum Gasteiger partial charge on any atom is -0.460 e. The third-order valence-corrected chi connectivity index (χ3v) is 5.73. The second-order valence-corrected chi connectivity index (χ2v) is 9.50. The standard InChI is InChI=1S/C25H32F6N4O7/c1-23(2,40-4)22(38)34-17(18(36)14-42-21(24(26,27)28)25(29,30)31)6-5-11-33-19(32)12-20(37)41-13-15-7-9-16(10-8-15)35(3)39/h7-10,17,21H,5-6,11-14H2,1-4H3,(H2-,32,33,34,38)/p+1/t17-/m0/s1. The number of rotatable bonds is 16. The molecule has 0 fully saturated rings. The Morgan fingerprint density at radius 1 is 1.05 bits per heavy atom. The highest BCUT2D eigenvalue weighted by Gasteiger charge is 2.58. The number of carbonyl (C=O) groups is 3. The van der Waals surface area contributed by atoms with Crippen molar-refractivity contribution in [2.45, 2.75) is 69.8 Å². The van der Waals surface area contributed by atoms with Crippen LogP contribution in [0.5, 0.6) is 0 Å². The van der Waals surface area contributed by atoms with Gasteiger partial charge in [-0.1, -0.05) is 0 Å². The topological polar surface area (TPSA) is 149 Å². The number of alkyl halides is 6. The number of carbonyl (C=O) groups excluding carboxylic acids is 3. The average Bonchev–Trinajstić information content (AvgIpc) is 2.87. The first-order chi connectivity index (χ1) is 19.3. The van der Waals surface area contributed by atoms with E-state index in [0.717, 1.165) is 0 Å². The Kier molecular flexibility index (Phi) is 13.5. The summed E-state index contributed by atoms with van der Waals surface area (Å²) in [5, 5.41) is 2.24. The number of benzene rings is 1. The third kappa shape index (κ3) is 12.5. The van der Waals surface area contributed by atoms with Gasteiger partial charge in [0.05, 0.1) is 6.04 Å². The number of halogens is 6. The van der Waals surface area contributed by atoms with Crippen molar-refractivity contribution in [2.24, 2.45) is 10.7 Å². The van der Waals surface area contributed by atoms with Gasteiger partial charge in [-0.15, -0.1) is 0 Å². The Labute approximate surface area is 237 Å². The smallest absolute Gasteiger partial charge is 0.423 e. The molecular formula is C25H33F6N4O7+. The number of amides is 1. The van der Waals surface area contributed by atoms with Crippen LogP contribution in [0.3, 0.4) is 0 Å². The molecule has 3 N–H and O–H groups in total. The van der Waals surface area contributed by atoms with Gasteiger partial charge in [0.25, 0.3) is 11.6 Å². The normalized spacial score (nSPS) is 13.5. The first-order valence-electron chi connectivity index (χ1n) is 12.4. The van der Waals surface area contributed by atoms with Crippen LogP contribution in [0, 0.1) is 4.91 Å². The molecule has 236 valence electrons. The number of methoxy groups -OCH3 is 1. The van der Waals surface area contributed by atoms with Crippen LogP contribution in [0.4, 0.5) is 32.0 Å². The number of nitrogens with zero attached hydrogens (tertiary/aromatic N) is 2. The summed E-state index contributed by atoms with van der Waals surface area (Å²) in [4.78, 5) is 52.1. The van der Waals surface area contributed by atoms with E-state index < -0.39 is 60.8 Å². The number of amidine groups is 1. The van der Waals surface area contributed by atoms with Crippen molar-refractivity contribution in [3.8, 4) is 0 Å². The predicted molar refractivity (Wildman–Crippen MR) is 136 cm³/mol. The summed E-state index contributed by atoms with van der Waals surface area (Å²) in [6, 6.07) is 4.73. The molecule has 0 aliphatic heterocycles. The molecule has 11 nitrogen and oxygen atoms in total. The van der Waals surface area contributed by atoms with Crippen molar-refractivity contribution in [1.29, 1.82) is 0 Å². The summed E-state index contributed by atoms with van der Waals surface area (Å²) in [7, 11) is 2.51. The van der Waals surface area contributed by atoms with Gasteiger partial charge in [-0.25, -0.2) is 0 Å². The van der Waals surface area contributed by atoms with Crippen LogP contribution in [-0.4, -0.2) is 85.7 Å². The number of nitrogens with two attached hydrogens (primary N) is 1. The Hall–Kier alpha value is -3.60. The van der Waals surface area contributed by atoms with E-state index in [-0.39, 0.29) is 31.8 Å². The number of nitroso groups, excluding NO2 is 1. The van der Waals surface area contributed by atoms with Gasteiger partial charge in [0.1, 0.15) is 31.1 Å². The molecule has 0 heterocycles. The molecule has 0 unspecified atom stereocenters. The second-order valence-electron chi connectivity index (χ2n) is 9.50. The lowest BCUT2D eigenvalue weighted by atomic mass is 10.0. The highest BCUT2D eigenvalue weighted by Crippen LogP contribution is 2.35. The van der Waals surface area contributed by atoms with E-state index in [1.807, 2.05) is 0 Å². The molecule has 1 amide bonds. The van der Waals surface area contributed by atoms with E-state index in [2.05, 4.69) is 15.0 Å². The van der Waals surface area contributed by atoms with E-state index >= 15 is 0 Å². The lowest BCUT2D eigenvalue weighted by Crippen LogP contribution is -2.52. The molecule has 0 aliphatic rings. The van der Waals surface area contributed by atoms with Gasteiger partial charge in [-0.3, -0.25) is 19.4 Å². The van der Waals surface area contributed by atoms with Crippen molar-refractivity contribution in [2.75, 3.05) is 27.3 Å². The van der Waals surface area contributed by atoms with Crippen LogP contribution in [0.1, 0.15) is 38.7 Å². The molecule has 1 aromatic carbocycles. The summed E-state index contributed by atoms with van der Waals surface area (Å²) < 4.78 is 91.1. The zero-order valence-corrected chi connectivity index (χ0v) is 23.3. The van der Waals surface area contributed by atoms with E-state index in [9.17, 15) is 45.6 Å². The van der Waals surface area contributed by atoms with Crippen molar-refractivity contribution in [3.05, 3.63) is 34.7 Å². The highest BCUT2D eigenvalue weighted by atomic mass is 19.4. The summed E-state index contributed by atoms with van der Waals surface area (Å²) >= 11 is 0. The number of Topliss-reactive ketones (excluding diaryl/α,β-unsaturated/α-hetero) is 1. The largest absolute Gasteiger partial charge is 0.460 e.